The highest BCUT2D eigenvalue weighted by molar-refractivity contribution is 6.31. The van der Waals surface area contributed by atoms with Crippen molar-refractivity contribution in [1.29, 1.82) is 0 Å². The number of hydrogen-bond donors (Lipinski definition) is 2. The van der Waals surface area contributed by atoms with Crippen molar-refractivity contribution in [1.82, 2.24) is 10.3 Å². The van der Waals surface area contributed by atoms with Gasteiger partial charge in [0, 0.05) is 16.6 Å². The molecule has 2 N–H and O–H groups in total. The van der Waals surface area contributed by atoms with Gasteiger partial charge in [0.2, 0.25) is 0 Å². The summed E-state index contributed by atoms with van der Waals surface area (Å²) in [5.41, 5.74) is 1.83. The van der Waals surface area contributed by atoms with E-state index >= 15 is 0 Å². The first-order chi connectivity index (χ1) is 10.3. The van der Waals surface area contributed by atoms with Crippen molar-refractivity contribution >= 4 is 34.2 Å². The highest BCUT2D eigenvalue weighted by atomic mass is 35.5. The second-order valence-electron chi connectivity index (χ2n) is 5.05. The number of guanidine groups is 1. The van der Waals surface area contributed by atoms with Gasteiger partial charge in [-0.15, -0.1) is 0 Å². The summed E-state index contributed by atoms with van der Waals surface area (Å²) in [5.74, 6) is 0.781. The Labute approximate surface area is 127 Å². The van der Waals surface area contributed by atoms with Crippen molar-refractivity contribution in [3.8, 4) is 0 Å². The first kappa shape index (κ1) is 12.4. The second-order valence-corrected chi connectivity index (χ2v) is 5.49. The molecule has 0 fully saturated rings. The van der Waals surface area contributed by atoms with Crippen LogP contribution in [0.3, 0.4) is 0 Å². The van der Waals surface area contributed by atoms with Gasteiger partial charge in [0.05, 0.1) is 23.3 Å². The van der Waals surface area contributed by atoms with Crippen LogP contribution in [0, 0.1) is 0 Å². The summed E-state index contributed by atoms with van der Waals surface area (Å²) < 4.78 is 0. The van der Waals surface area contributed by atoms with Crippen LogP contribution in [0.4, 0.5) is 5.69 Å². The van der Waals surface area contributed by atoms with Gasteiger partial charge < -0.3 is 10.6 Å². The van der Waals surface area contributed by atoms with E-state index in [4.69, 9.17) is 11.6 Å². The molecule has 0 saturated carbocycles. The van der Waals surface area contributed by atoms with E-state index < -0.39 is 0 Å². The van der Waals surface area contributed by atoms with Crippen LogP contribution in [0.1, 0.15) is 0 Å². The minimum atomic E-state index is 0.167. The van der Waals surface area contributed by atoms with Crippen molar-refractivity contribution in [3.63, 3.8) is 0 Å². The molecular formula is C16H13ClN4. The van der Waals surface area contributed by atoms with E-state index in [2.05, 4.69) is 32.8 Å². The molecule has 4 rings (SSSR count). The summed E-state index contributed by atoms with van der Waals surface area (Å²) in [7, 11) is 0. The summed E-state index contributed by atoms with van der Waals surface area (Å²) in [6.45, 7) is 0. The fourth-order valence-electron chi connectivity index (χ4n) is 2.62. The second kappa shape index (κ2) is 4.90. The third-order valence-corrected chi connectivity index (χ3v) is 3.88. The Morgan fingerprint density at radius 2 is 2.05 bits per heavy atom. The molecule has 5 heteroatoms. The van der Waals surface area contributed by atoms with Crippen LogP contribution < -0.4 is 10.6 Å². The third kappa shape index (κ3) is 2.28. The predicted molar refractivity (Wildman–Crippen MR) is 86.8 cm³/mol. The zero-order valence-electron chi connectivity index (χ0n) is 11.1. The molecule has 21 heavy (non-hydrogen) atoms. The maximum absolute atomic E-state index is 6.01. The van der Waals surface area contributed by atoms with Gasteiger partial charge >= 0.3 is 0 Å². The van der Waals surface area contributed by atoms with Crippen molar-refractivity contribution < 1.29 is 0 Å². The van der Waals surface area contributed by atoms with Gasteiger partial charge in [-0.05, 0) is 24.3 Å². The molecule has 1 aromatic carbocycles. The number of fused-ring (bicyclic) bond motifs is 2. The van der Waals surface area contributed by atoms with Gasteiger partial charge in [0.25, 0.3) is 0 Å². The molecule has 0 amide bonds. The number of nitrogens with zero attached hydrogens (tertiary/aromatic N) is 2. The van der Waals surface area contributed by atoms with Gasteiger partial charge in [-0.3, -0.25) is 4.98 Å². The Morgan fingerprint density at radius 3 is 2.95 bits per heavy atom. The van der Waals surface area contributed by atoms with E-state index in [-0.39, 0.29) is 12.1 Å². The lowest BCUT2D eigenvalue weighted by Crippen LogP contribution is -2.35. The van der Waals surface area contributed by atoms with Gasteiger partial charge in [0.1, 0.15) is 0 Å². The number of allylic oxidation sites excluding steroid dienone is 2. The molecule has 2 atom stereocenters. The van der Waals surface area contributed by atoms with Crippen LogP contribution in [0.25, 0.3) is 10.9 Å². The molecule has 4 nitrogen and oxygen atoms in total. The zero-order chi connectivity index (χ0) is 14.2. The van der Waals surface area contributed by atoms with E-state index in [0.29, 0.717) is 5.02 Å². The summed E-state index contributed by atoms with van der Waals surface area (Å²) >= 11 is 6.01. The molecule has 2 aliphatic rings. The lowest BCUT2D eigenvalue weighted by atomic mass is 10.1. The number of anilines is 1. The summed E-state index contributed by atoms with van der Waals surface area (Å²) in [5, 5.41) is 8.43. The first-order valence-corrected chi connectivity index (χ1v) is 7.18. The minimum Gasteiger partial charge on any atom is -0.347 e. The summed E-state index contributed by atoms with van der Waals surface area (Å²) in [4.78, 5) is 8.98. The van der Waals surface area contributed by atoms with Crippen molar-refractivity contribution in [2.45, 2.75) is 12.1 Å². The van der Waals surface area contributed by atoms with Gasteiger partial charge in [-0.2, -0.15) is 0 Å². The minimum absolute atomic E-state index is 0.167. The molecule has 0 saturated heterocycles. The SMILES string of the molecule is Clc1ccc2c(NC3=NC4C=CC=CC4N3)ccnc2c1. The third-order valence-electron chi connectivity index (χ3n) is 3.65. The Balaban J connectivity index is 1.66. The Morgan fingerprint density at radius 1 is 1.14 bits per heavy atom. The highest BCUT2D eigenvalue weighted by Gasteiger charge is 2.25. The molecule has 0 radical (unpaired) electrons. The molecule has 2 unspecified atom stereocenters. The standard InChI is InChI=1S/C16H13ClN4/c17-10-5-6-11-12(7-8-18-15(11)9-10)19-16-20-13-3-1-2-4-14(13)21-16/h1-9,13-14H,(H2,18,19,20,21). The predicted octanol–water partition coefficient (Wildman–Crippen LogP) is 3.12. The van der Waals surface area contributed by atoms with Crippen LogP contribution in [0.15, 0.2) is 59.8 Å². The maximum atomic E-state index is 6.01. The van der Waals surface area contributed by atoms with Crippen LogP contribution in [0.5, 0.6) is 0 Å². The maximum Gasteiger partial charge on any atom is 0.197 e. The lowest BCUT2D eigenvalue weighted by molar-refractivity contribution is 0.695. The molecule has 104 valence electrons. The van der Waals surface area contributed by atoms with Crippen LogP contribution in [0.2, 0.25) is 5.02 Å². The normalized spacial score (nSPS) is 22.8. The summed E-state index contributed by atoms with van der Waals surface area (Å²) in [6.07, 6.45) is 10.0. The number of rotatable bonds is 1. The molecule has 0 spiro atoms. The number of nitrogens with one attached hydrogen (secondary N) is 2. The highest BCUT2D eigenvalue weighted by Crippen LogP contribution is 2.25. The largest absolute Gasteiger partial charge is 0.347 e. The fraction of sp³-hybridized carbons (Fsp3) is 0.125. The van der Waals surface area contributed by atoms with E-state index in [1.807, 2.05) is 36.4 Å². The molecular weight excluding hydrogens is 284 g/mol. The van der Waals surface area contributed by atoms with E-state index in [1.54, 1.807) is 6.20 Å². The molecule has 1 aromatic heterocycles. The number of halogens is 1. The monoisotopic (exact) mass is 296 g/mol. The first-order valence-electron chi connectivity index (χ1n) is 6.80. The van der Waals surface area contributed by atoms with Gasteiger partial charge in [-0.25, -0.2) is 4.99 Å². The van der Waals surface area contributed by atoms with Crippen molar-refractivity contribution in [3.05, 3.63) is 59.8 Å². The van der Waals surface area contributed by atoms with Gasteiger partial charge in [-0.1, -0.05) is 35.9 Å². The van der Waals surface area contributed by atoms with E-state index in [0.717, 1.165) is 22.5 Å². The van der Waals surface area contributed by atoms with E-state index in [9.17, 15) is 0 Å². The topological polar surface area (TPSA) is 49.3 Å². The average molecular weight is 297 g/mol. The average Bonchev–Trinajstić information content (AvgIpc) is 2.89. The fourth-order valence-corrected chi connectivity index (χ4v) is 2.79. The molecule has 2 heterocycles. The Kier molecular flexibility index (Phi) is 2.89. The van der Waals surface area contributed by atoms with Crippen molar-refractivity contribution in [2.24, 2.45) is 4.99 Å². The number of hydrogen-bond acceptors (Lipinski definition) is 4. The van der Waals surface area contributed by atoms with Crippen molar-refractivity contribution in [2.75, 3.05) is 5.32 Å². The number of aliphatic imine (C=N–C) groups is 1. The van der Waals surface area contributed by atoms with Gasteiger partial charge in [0.15, 0.2) is 5.96 Å². The number of aromatic nitrogens is 1. The number of pyridine rings is 1. The lowest BCUT2D eigenvalue weighted by Gasteiger charge is -2.14. The molecule has 1 aliphatic heterocycles. The molecule has 1 aliphatic carbocycles. The summed E-state index contributed by atoms with van der Waals surface area (Å²) in [6, 6.07) is 8.03. The molecule has 0 bridgehead atoms. The van der Waals surface area contributed by atoms with E-state index in [1.165, 1.54) is 0 Å². The zero-order valence-corrected chi connectivity index (χ0v) is 11.9. The van der Waals surface area contributed by atoms with Crippen LogP contribution in [-0.2, 0) is 0 Å². The van der Waals surface area contributed by atoms with Crippen LogP contribution in [-0.4, -0.2) is 23.0 Å². The Bertz CT molecular complexity index is 794. The number of benzene rings is 1. The van der Waals surface area contributed by atoms with Crippen LogP contribution >= 0.6 is 11.6 Å². The Hall–Kier alpha value is -2.33. The smallest absolute Gasteiger partial charge is 0.197 e. The molecule has 2 aromatic rings. The quantitative estimate of drug-likeness (QED) is 0.850.